The lowest BCUT2D eigenvalue weighted by molar-refractivity contribution is 0.584. The van der Waals surface area contributed by atoms with Gasteiger partial charge in [0.05, 0.1) is 4.90 Å². The molecule has 0 saturated carbocycles. The number of rotatable bonds is 3. The van der Waals surface area contributed by atoms with E-state index in [1.54, 1.807) is 19.9 Å². The summed E-state index contributed by atoms with van der Waals surface area (Å²) in [6.07, 6.45) is 0. The molecule has 3 N–H and O–H groups in total. The molecule has 0 spiro atoms. The number of nitrogens with one attached hydrogen (secondary N) is 1. The zero-order valence-corrected chi connectivity index (χ0v) is 11.8. The molecule has 5 nitrogen and oxygen atoms in total. The minimum atomic E-state index is -3.86. The Morgan fingerprint density at radius 2 is 1.95 bits per heavy atom. The minimum Gasteiger partial charge on any atom is -0.399 e. The lowest BCUT2D eigenvalue weighted by Gasteiger charge is -2.12. The molecule has 0 bridgehead atoms. The van der Waals surface area contributed by atoms with Gasteiger partial charge in [-0.15, -0.1) is 0 Å². The van der Waals surface area contributed by atoms with Gasteiger partial charge in [-0.25, -0.2) is 13.4 Å². The van der Waals surface area contributed by atoms with E-state index in [2.05, 4.69) is 9.71 Å². The van der Waals surface area contributed by atoms with Gasteiger partial charge in [0, 0.05) is 5.69 Å². The average Bonchev–Trinajstić information content (AvgIpc) is 2.33. The van der Waals surface area contributed by atoms with Crippen LogP contribution in [0.25, 0.3) is 0 Å². The topological polar surface area (TPSA) is 85.1 Å². The zero-order valence-electron chi connectivity index (χ0n) is 11.0. The van der Waals surface area contributed by atoms with Gasteiger partial charge in [0.2, 0.25) is 5.95 Å². The zero-order chi connectivity index (χ0) is 14.9. The SMILES string of the molecule is Cc1cc(N)cc(S(=O)(=O)Nc2cccc(F)n2)c1C. The van der Waals surface area contributed by atoms with E-state index >= 15 is 0 Å². The maximum atomic E-state index is 13.0. The first-order valence-corrected chi connectivity index (χ1v) is 7.30. The number of sulfonamides is 1. The number of nitrogen functional groups attached to an aromatic ring is 1. The molecule has 0 atom stereocenters. The van der Waals surface area contributed by atoms with Gasteiger partial charge in [0.1, 0.15) is 5.82 Å². The molecule has 20 heavy (non-hydrogen) atoms. The molecule has 1 heterocycles. The van der Waals surface area contributed by atoms with Crippen molar-refractivity contribution in [2.45, 2.75) is 18.7 Å². The minimum absolute atomic E-state index is 0.0565. The first kappa shape index (κ1) is 14.3. The summed E-state index contributed by atoms with van der Waals surface area (Å²) in [6.45, 7) is 3.45. The second-order valence-corrected chi connectivity index (χ2v) is 6.06. The van der Waals surface area contributed by atoms with Gasteiger partial charge in [0.15, 0.2) is 0 Å². The fourth-order valence-electron chi connectivity index (χ4n) is 1.79. The van der Waals surface area contributed by atoms with Gasteiger partial charge in [-0.2, -0.15) is 4.39 Å². The van der Waals surface area contributed by atoms with Crippen LogP contribution in [0.5, 0.6) is 0 Å². The second-order valence-electron chi connectivity index (χ2n) is 4.41. The number of benzene rings is 1. The number of nitrogens with two attached hydrogens (primary N) is 1. The molecular formula is C13H14FN3O2S. The molecule has 0 fully saturated rings. The smallest absolute Gasteiger partial charge is 0.263 e. The molecule has 2 aromatic rings. The van der Waals surface area contributed by atoms with Crippen molar-refractivity contribution in [3.8, 4) is 0 Å². The Morgan fingerprint density at radius 3 is 2.60 bits per heavy atom. The van der Waals surface area contributed by atoms with Gasteiger partial charge in [-0.05, 0) is 49.2 Å². The van der Waals surface area contributed by atoms with Crippen LogP contribution < -0.4 is 10.5 Å². The summed E-state index contributed by atoms with van der Waals surface area (Å²) in [4.78, 5) is 3.53. The van der Waals surface area contributed by atoms with Gasteiger partial charge in [0.25, 0.3) is 10.0 Å². The molecule has 0 aliphatic carbocycles. The number of pyridine rings is 1. The van der Waals surface area contributed by atoms with Gasteiger partial charge in [-0.3, -0.25) is 4.72 Å². The number of hydrogen-bond donors (Lipinski definition) is 2. The standard InChI is InChI=1S/C13H14FN3O2S/c1-8-6-10(15)7-11(9(8)2)20(18,19)17-13-5-3-4-12(14)16-13/h3-7H,15H2,1-2H3,(H,16,17). The second kappa shape index (κ2) is 5.09. The van der Waals surface area contributed by atoms with E-state index in [-0.39, 0.29) is 10.7 Å². The normalized spacial score (nSPS) is 11.3. The van der Waals surface area contributed by atoms with E-state index in [1.165, 1.54) is 18.2 Å². The molecule has 0 amide bonds. The number of hydrogen-bond acceptors (Lipinski definition) is 4. The Kier molecular flexibility index (Phi) is 3.63. The Hall–Kier alpha value is -2.15. The van der Waals surface area contributed by atoms with Crippen LogP contribution in [0.1, 0.15) is 11.1 Å². The Labute approximate surface area is 116 Å². The van der Waals surface area contributed by atoms with Crippen LogP contribution in [0.2, 0.25) is 0 Å². The van der Waals surface area contributed by atoms with E-state index in [0.717, 1.165) is 11.6 Å². The number of halogens is 1. The third-order valence-electron chi connectivity index (χ3n) is 2.89. The first-order chi connectivity index (χ1) is 9.29. The molecule has 0 saturated heterocycles. The molecule has 7 heteroatoms. The summed E-state index contributed by atoms with van der Waals surface area (Å²) in [6, 6.07) is 6.93. The van der Waals surface area contributed by atoms with E-state index < -0.39 is 16.0 Å². The number of nitrogens with zero attached hydrogens (tertiary/aromatic N) is 1. The van der Waals surface area contributed by atoms with E-state index in [9.17, 15) is 12.8 Å². The Balaban J connectivity index is 2.46. The van der Waals surface area contributed by atoms with Gasteiger partial charge < -0.3 is 5.73 Å². The van der Waals surface area contributed by atoms with Crippen molar-refractivity contribution in [3.63, 3.8) is 0 Å². The highest BCUT2D eigenvalue weighted by atomic mass is 32.2. The molecule has 1 aromatic heterocycles. The van der Waals surface area contributed by atoms with Crippen LogP contribution in [0.4, 0.5) is 15.9 Å². The van der Waals surface area contributed by atoms with Crippen molar-refractivity contribution in [2.75, 3.05) is 10.5 Å². The van der Waals surface area contributed by atoms with Crippen molar-refractivity contribution in [1.82, 2.24) is 4.98 Å². The molecule has 106 valence electrons. The molecule has 0 radical (unpaired) electrons. The molecular weight excluding hydrogens is 281 g/mol. The molecule has 0 aliphatic heterocycles. The highest BCUT2D eigenvalue weighted by Gasteiger charge is 2.19. The largest absolute Gasteiger partial charge is 0.399 e. The fourth-order valence-corrected chi connectivity index (χ4v) is 3.15. The van der Waals surface area contributed by atoms with Crippen LogP contribution in [-0.4, -0.2) is 13.4 Å². The highest BCUT2D eigenvalue weighted by Crippen LogP contribution is 2.24. The third kappa shape index (κ3) is 2.88. The maximum absolute atomic E-state index is 13.0. The van der Waals surface area contributed by atoms with Crippen LogP contribution >= 0.6 is 0 Å². The van der Waals surface area contributed by atoms with Crippen molar-refractivity contribution >= 4 is 21.5 Å². The quantitative estimate of drug-likeness (QED) is 0.671. The van der Waals surface area contributed by atoms with Crippen LogP contribution in [0, 0.1) is 19.8 Å². The van der Waals surface area contributed by atoms with Crippen molar-refractivity contribution < 1.29 is 12.8 Å². The average molecular weight is 295 g/mol. The lowest BCUT2D eigenvalue weighted by atomic mass is 10.1. The number of aryl methyl sites for hydroxylation is 1. The maximum Gasteiger partial charge on any atom is 0.263 e. The van der Waals surface area contributed by atoms with Gasteiger partial charge >= 0.3 is 0 Å². The van der Waals surface area contributed by atoms with E-state index in [4.69, 9.17) is 5.73 Å². The summed E-state index contributed by atoms with van der Waals surface area (Å²) >= 11 is 0. The summed E-state index contributed by atoms with van der Waals surface area (Å²) in [5.41, 5.74) is 7.37. The summed E-state index contributed by atoms with van der Waals surface area (Å²) in [5.74, 6) is -0.838. The lowest BCUT2D eigenvalue weighted by Crippen LogP contribution is -2.16. The molecule has 1 aromatic carbocycles. The molecule has 2 rings (SSSR count). The van der Waals surface area contributed by atoms with E-state index in [1.807, 2.05) is 0 Å². The summed E-state index contributed by atoms with van der Waals surface area (Å²) in [7, 11) is -3.86. The monoisotopic (exact) mass is 295 g/mol. The predicted octanol–water partition coefficient (Wildman–Crippen LogP) is 2.22. The van der Waals surface area contributed by atoms with Crippen LogP contribution in [0.15, 0.2) is 35.2 Å². The summed E-state index contributed by atoms with van der Waals surface area (Å²) in [5, 5.41) is 0. The van der Waals surface area contributed by atoms with Crippen molar-refractivity contribution in [1.29, 1.82) is 0 Å². The third-order valence-corrected chi connectivity index (χ3v) is 4.37. The molecule has 0 aliphatic rings. The molecule has 0 unspecified atom stereocenters. The highest BCUT2D eigenvalue weighted by molar-refractivity contribution is 7.92. The van der Waals surface area contributed by atoms with E-state index in [0.29, 0.717) is 11.3 Å². The fraction of sp³-hybridized carbons (Fsp3) is 0.154. The van der Waals surface area contributed by atoms with Crippen molar-refractivity contribution in [2.24, 2.45) is 0 Å². The Morgan fingerprint density at radius 1 is 1.25 bits per heavy atom. The number of aromatic nitrogens is 1. The van der Waals surface area contributed by atoms with Crippen LogP contribution in [0.3, 0.4) is 0 Å². The Bertz CT molecular complexity index is 760. The summed E-state index contributed by atoms with van der Waals surface area (Å²) < 4.78 is 39.8. The van der Waals surface area contributed by atoms with Gasteiger partial charge in [-0.1, -0.05) is 6.07 Å². The predicted molar refractivity (Wildman–Crippen MR) is 75.3 cm³/mol. The first-order valence-electron chi connectivity index (χ1n) is 5.82. The van der Waals surface area contributed by atoms with Crippen LogP contribution in [-0.2, 0) is 10.0 Å². The van der Waals surface area contributed by atoms with Crippen molar-refractivity contribution in [3.05, 3.63) is 47.4 Å². The number of anilines is 2.